The van der Waals surface area contributed by atoms with Crippen LogP contribution in [0.4, 0.5) is 5.82 Å². The average Bonchev–Trinajstić information content (AvgIpc) is 2.81. The quantitative estimate of drug-likeness (QED) is 0.843. The molecule has 1 saturated heterocycles. The van der Waals surface area contributed by atoms with E-state index in [-0.39, 0.29) is 28.4 Å². The molecule has 18 heavy (non-hydrogen) atoms. The van der Waals surface area contributed by atoms with Crippen molar-refractivity contribution in [3.8, 4) is 0 Å². The highest BCUT2D eigenvalue weighted by Gasteiger charge is 2.35. The Balaban J connectivity index is 2.38. The van der Waals surface area contributed by atoms with Crippen LogP contribution in [0, 0.1) is 0 Å². The van der Waals surface area contributed by atoms with Crippen LogP contribution in [-0.2, 0) is 10.0 Å². The van der Waals surface area contributed by atoms with E-state index in [1.165, 1.54) is 16.6 Å². The zero-order valence-electron chi connectivity index (χ0n) is 9.58. The molecule has 0 radical (unpaired) electrons. The Morgan fingerprint density at radius 2 is 2.33 bits per heavy atom. The number of rotatable bonds is 3. The number of aromatic nitrogens is 1. The molecule has 0 aromatic carbocycles. The summed E-state index contributed by atoms with van der Waals surface area (Å²) in [5.41, 5.74) is 5.45. The maximum atomic E-state index is 12.3. The number of nitrogen functional groups attached to an aromatic ring is 1. The van der Waals surface area contributed by atoms with Crippen LogP contribution in [0.15, 0.2) is 17.2 Å². The van der Waals surface area contributed by atoms with Crippen molar-refractivity contribution in [3.05, 3.63) is 17.3 Å². The van der Waals surface area contributed by atoms with Crippen LogP contribution < -0.4 is 5.73 Å². The van der Waals surface area contributed by atoms with E-state index in [2.05, 4.69) is 4.98 Å². The van der Waals surface area contributed by atoms with Crippen LogP contribution in [0.5, 0.6) is 0 Å². The lowest BCUT2D eigenvalue weighted by Crippen LogP contribution is -2.37. The van der Waals surface area contributed by atoms with Crippen molar-refractivity contribution in [2.45, 2.75) is 23.8 Å². The van der Waals surface area contributed by atoms with Gasteiger partial charge in [0.2, 0.25) is 10.0 Å². The first-order valence-electron chi connectivity index (χ1n) is 5.50. The molecule has 1 fully saturated rings. The van der Waals surface area contributed by atoms with Crippen molar-refractivity contribution in [3.63, 3.8) is 0 Å². The molecule has 1 aliphatic rings. The molecule has 0 amide bonds. The summed E-state index contributed by atoms with van der Waals surface area (Å²) in [5, 5.41) is 9.28. The average molecular weight is 292 g/mol. The van der Waals surface area contributed by atoms with Gasteiger partial charge in [0.25, 0.3) is 0 Å². The van der Waals surface area contributed by atoms with Crippen LogP contribution in [0.3, 0.4) is 0 Å². The minimum atomic E-state index is -3.67. The van der Waals surface area contributed by atoms with Crippen molar-refractivity contribution in [2.24, 2.45) is 0 Å². The molecule has 3 N–H and O–H groups in total. The molecule has 1 aromatic heterocycles. The molecule has 0 aliphatic carbocycles. The third-order valence-corrected chi connectivity index (χ3v) is 5.20. The van der Waals surface area contributed by atoms with Gasteiger partial charge in [0, 0.05) is 18.8 Å². The number of aliphatic hydroxyl groups excluding tert-OH is 1. The zero-order valence-corrected chi connectivity index (χ0v) is 11.2. The number of sulfonamides is 1. The van der Waals surface area contributed by atoms with Gasteiger partial charge in [-0.2, -0.15) is 4.31 Å². The minimum Gasteiger partial charge on any atom is -0.395 e. The molecule has 2 heterocycles. The fourth-order valence-corrected chi connectivity index (χ4v) is 3.90. The van der Waals surface area contributed by atoms with Crippen molar-refractivity contribution in [1.82, 2.24) is 9.29 Å². The highest BCUT2D eigenvalue weighted by atomic mass is 35.5. The fourth-order valence-electron chi connectivity index (χ4n) is 2.02. The van der Waals surface area contributed by atoms with Gasteiger partial charge in [-0.1, -0.05) is 11.6 Å². The molecule has 0 bridgehead atoms. The van der Waals surface area contributed by atoms with Crippen molar-refractivity contribution in [1.29, 1.82) is 0 Å². The number of anilines is 1. The second-order valence-corrected chi connectivity index (χ2v) is 6.43. The summed E-state index contributed by atoms with van der Waals surface area (Å²) in [6.45, 7) is 0.213. The molecular formula is C10H14ClN3O3S. The first kappa shape index (κ1) is 13.5. The minimum absolute atomic E-state index is 0.00190. The van der Waals surface area contributed by atoms with Gasteiger partial charge < -0.3 is 10.8 Å². The van der Waals surface area contributed by atoms with E-state index in [0.717, 1.165) is 6.42 Å². The number of nitrogens with zero attached hydrogens (tertiary/aromatic N) is 2. The van der Waals surface area contributed by atoms with Crippen molar-refractivity contribution in [2.75, 3.05) is 18.9 Å². The van der Waals surface area contributed by atoms with Gasteiger partial charge in [0.1, 0.15) is 10.7 Å². The summed E-state index contributed by atoms with van der Waals surface area (Å²) in [7, 11) is -3.67. The number of nitrogens with two attached hydrogens (primary N) is 1. The van der Waals surface area contributed by atoms with Gasteiger partial charge in [-0.25, -0.2) is 13.4 Å². The highest BCUT2D eigenvalue weighted by Crippen LogP contribution is 2.27. The van der Waals surface area contributed by atoms with Crippen LogP contribution in [0.2, 0.25) is 5.02 Å². The third kappa shape index (κ3) is 2.31. The van der Waals surface area contributed by atoms with Crippen molar-refractivity contribution < 1.29 is 13.5 Å². The Morgan fingerprint density at radius 1 is 1.61 bits per heavy atom. The molecule has 2 rings (SSSR count). The Bertz CT molecular complexity index is 549. The second-order valence-electron chi connectivity index (χ2n) is 4.13. The smallest absolute Gasteiger partial charge is 0.244 e. The fraction of sp³-hybridized carbons (Fsp3) is 0.500. The molecule has 100 valence electrons. The molecule has 8 heteroatoms. The van der Waals surface area contributed by atoms with Crippen LogP contribution in [-0.4, -0.2) is 42.0 Å². The number of halogens is 1. The monoisotopic (exact) mass is 291 g/mol. The van der Waals surface area contributed by atoms with Crippen LogP contribution in [0.25, 0.3) is 0 Å². The Labute approximate surface area is 110 Å². The van der Waals surface area contributed by atoms with Gasteiger partial charge in [-0.05, 0) is 18.9 Å². The van der Waals surface area contributed by atoms with E-state index in [1.807, 2.05) is 0 Å². The number of hydrogen-bond acceptors (Lipinski definition) is 5. The van der Waals surface area contributed by atoms with Gasteiger partial charge in [-0.15, -0.1) is 0 Å². The molecule has 0 saturated carbocycles. The zero-order chi connectivity index (χ0) is 13.3. The number of hydrogen-bond donors (Lipinski definition) is 2. The second kappa shape index (κ2) is 5.00. The summed E-state index contributed by atoms with van der Waals surface area (Å²) >= 11 is 5.78. The maximum Gasteiger partial charge on any atom is 0.244 e. The van der Waals surface area contributed by atoms with Gasteiger partial charge in [-0.3, -0.25) is 0 Å². The summed E-state index contributed by atoms with van der Waals surface area (Å²) in [5.74, 6) is 0.0933. The molecule has 1 unspecified atom stereocenters. The predicted octanol–water partition coefficient (Wildman–Crippen LogP) is 0.463. The summed E-state index contributed by atoms with van der Waals surface area (Å²) in [4.78, 5) is 3.75. The van der Waals surface area contributed by atoms with E-state index >= 15 is 0 Å². The summed E-state index contributed by atoms with van der Waals surface area (Å²) < 4.78 is 26.0. The summed E-state index contributed by atoms with van der Waals surface area (Å²) in [6.07, 6.45) is 2.58. The molecular weight excluding hydrogens is 278 g/mol. The molecule has 1 aliphatic heterocycles. The van der Waals surface area contributed by atoms with E-state index in [9.17, 15) is 13.5 Å². The van der Waals surface area contributed by atoms with Crippen molar-refractivity contribution >= 4 is 27.4 Å². The lowest BCUT2D eigenvalue weighted by Gasteiger charge is -2.22. The normalized spacial score (nSPS) is 21.3. The highest BCUT2D eigenvalue weighted by molar-refractivity contribution is 7.89. The van der Waals surface area contributed by atoms with Gasteiger partial charge >= 0.3 is 0 Å². The molecule has 6 nitrogen and oxygen atoms in total. The Hall–Kier alpha value is -0.890. The SMILES string of the molecule is Nc1ncc(S(=O)(=O)N2CCCC2CO)cc1Cl. The van der Waals surface area contributed by atoms with Crippen LogP contribution in [0.1, 0.15) is 12.8 Å². The molecule has 1 aromatic rings. The first-order valence-corrected chi connectivity index (χ1v) is 7.32. The molecule has 0 spiro atoms. The molecule has 1 atom stereocenters. The largest absolute Gasteiger partial charge is 0.395 e. The topological polar surface area (TPSA) is 96.5 Å². The maximum absolute atomic E-state index is 12.3. The Morgan fingerprint density at radius 3 is 2.94 bits per heavy atom. The van der Waals surface area contributed by atoms with E-state index < -0.39 is 10.0 Å². The number of pyridine rings is 1. The van der Waals surface area contributed by atoms with E-state index in [1.54, 1.807) is 0 Å². The Kier molecular flexibility index (Phi) is 3.76. The van der Waals surface area contributed by atoms with Crippen LogP contribution >= 0.6 is 11.6 Å². The standard InChI is InChI=1S/C10H14ClN3O3S/c11-9-4-8(5-13-10(9)12)18(16,17)14-3-1-2-7(14)6-15/h4-5,7,15H,1-3,6H2,(H2,12,13). The van der Waals surface area contributed by atoms with E-state index in [0.29, 0.717) is 13.0 Å². The summed E-state index contributed by atoms with van der Waals surface area (Å²) in [6, 6.07) is 0.915. The van der Waals surface area contributed by atoms with Gasteiger partial charge in [0.15, 0.2) is 0 Å². The first-order chi connectivity index (χ1) is 8.46. The van der Waals surface area contributed by atoms with E-state index in [4.69, 9.17) is 17.3 Å². The predicted molar refractivity (Wildman–Crippen MR) is 67.7 cm³/mol. The lowest BCUT2D eigenvalue weighted by molar-refractivity contribution is 0.213. The third-order valence-electron chi connectivity index (χ3n) is 2.99. The van der Waals surface area contributed by atoms with Gasteiger partial charge in [0.05, 0.1) is 11.6 Å². The lowest BCUT2D eigenvalue weighted by atomic mass is 10.2. The number of aliphatic hydroxyl groups is 1.